The maximum atomic E-state index is 13.6. The molecular weight excluding hydrogens is 514 g/mol. The van der Waals surface area contributed by atoms with Gasteiger partial charge in [-0.15, -0.1) is 12.4 Å². The van der Waals surface area contributed by atoms with E-state index in [0.717, 1.165) is 13.1 Å². The van der Waals surface area contributed by atoms with Crippen LogP contribution in [0.4, 0.5) is 5.13 Å². The van der Waals surface area contributed by atoms with Crippen molar-refractivity contribution in [1.29, 1.82) is 0 Å². The SMILES string of the molecule is COc1ccc(C(=O)N(CCN2CCOCC2)c2nc3ccc(S(C)(=O)=O)cc3s2)cc1OC.Cl. The van der Waals surface area contributed by atoms with E-state index in [1.807, 2.05) is 0 Å². The Bertz CT molecular complexity index is 1290. The van der Waals surface area contributed by atoms with Gasteiger partial charge in [-0.1, -0.05) is 11.3 Å². The summed E-state index contributed by atoms with van der Waals surface area (Å²) in [6.07, 6.45) is 1.17. The van der Waals surface area contributed by atoms with Crippen molar-refractivity contribution in [3.63, 3.8) is 0 Å². The van der Waals surface area contributed by atoms with E-state index in [1.54, 1.807) is 42.3 Å². The third kappa shape index (κ3) is 6.22. The Morgan fingerprint density at radius 1 is 1.11 bits per heavy atom. The molecule has 0 bridgehead atoms. The summed E-state index contributed by atoms with van der Waals surface area (Å²) in [6.45, 7) is 4.02. The summed E-state index contributed by atoms with van der Waals surface area (Å²) in [6, 6.07) is 9.86. The number of sulfone groups is 1. The van der Waals surface area contributed by atoms with Crippen LogP contribution in [0.25, 0.3) is 10.2 Å². The van der Waals surface area contributed by atoms with Crippen LogP contribution in [0.1, 0.15) is 10.4 Å². The number of fused-ring (bicyclic) bond motifs is 1. The minimum absolute atomic E-state index is 0. The van der Waals surface area contributed by atoms with E-state index in [9.17, 15) is 13.2 Å². The molecule has 1 aliphatic heterocycles. The maximum absolute atomic E-state index is 13.6. The molecule has 2 aromatic carbocycles. The van der Waals surface area contributed by atoms with Crippen LogP contribution in [0.2, 0.25) is 0 Å². The van der Waals surface area contributed by atoms with E-state index in [2.05, 4.69) is 9.88 Å². The van der Waals surface area contributed by atoms with Crippen molar-refractivity contribution < 1.29 is 27.4 Å². The number of thiazole rings is 1. The standard InChI is InChI=1S/C23H27N3O6S2.ClH/c1-30-19-7-4-16(14-20(19)31-2)22(27)26(9-8-25-10-12-32-13-11-25)23-24-18-6-5-17(34(3,28)29)15-21(18)33-23;/h4-7,14-15H,8-13H2,1-3H3;1H. The first-order valence-electron chi connectivity index (χ1n) is 10.7. The number of methoxy groups -OCH3 is 2. The number of hydrogen-bond donors (Lipinski definition) is 0. The van der Waals surface area contributed by atoms with Crippen molar-refractivity contribution in [1.82, 2.24) is 9.88 Å². The quantitative estimate of drug-likeness (QED) is 0.429. The van der Waals surface area contributed by atoms with E-state index in [0.29, 0.717) is 58.7 Å². The topological polar surface area (TPSA) is 98.3 Å². The minimum atomic E-state index is -3.35. The summed E-state index contributed by atoms with van der Waals surface area (Å²) in [7, 11) is -0.285. The highest BCUT2D eigenvalue weighted by Gasteiger charge is 2.24. The second-order valence-electron chi connectivity index (χ2n) is 7.88. The van der Waals surface area contributed by atoms with Crippen LogP contribution in [0, 0.1) is 0 Å². The predicted octanol–water partition coefficient (Wildman–Crippen LogP) is 3.12. The molecule has 35 heavy (non-hydrogen) atoms. The van der Waals surface area contributed by atoms with E-state index >= 15 is 0 Å². The first-order valence-corrected chi connectivity index (χ1v) is 13.5. The molecule has 1 fully saturated rings. The zero-order valence-electron chi connectivity index (χ0n) is 19.7. The number of hydrogen-bond acceptors (Lipinski definition) is 9. The molecule has 1 saturated heterocycles. The highest BCUT2D eigenvalue weighted by Crippen LogP contribution is 2.33. The van der Waals surface area contributed by atoms with Gasteiger partial charge in [0, 0.05) is 38.0 Å². The van der Waals surface area contributed by atoms with Gasteiger partial charge < -0.3 is 14.2 Å². The summed E-state index contributed by atoms with van der Waals surface area (Å²) in [4.78, 5) is 22.4. The third-order valence-corrected chi connectivity index (χ3v) is 7.78. The van der Waals surface area contributed by atoms with Gasteiger partial charge in [0.05, 0.1) is 42.5 Å². The Hall–Kier alpha value is -2.44. The van der Waals surface area contributed by atoms with Gasteiger partial charge in [-0.3, -0.25) is 14.6 Å². The molecule has 4 rings (SSSR count). The minimum Gasteiger partial charge on any atom is -0.493 e. The normalized spacial score (nSPS) is 14.4. The van der Waals surface area contributed by atoms with Crippen molar-refractivity contribution in [2.75, 3.05) is 64.8 Å². The van der Waals surface area contributed by atoms with E-state index in [1.165, 1.54) is 30.8 Å². The molecule has 0 unspecified atom stereocenters. The molecule has 0 spiro atoms. The number of carbonyl (C=O) groups is 1. The zero-order chi connectivity index (χ0) is 24.3. The average molecular weight is 542 g/mol. The number of rotatable bonds is 8. The fourth-order valence-corrected chi connectivity index (χ4v) is 5.47. The maximum Gasteiger partial charge on any atom is 0.260 e. The molecular formula is C23H28ClN3O6S2. The fourth-order valence-electron chi connectivity index (χ4n) is 3.71. The van der Waals surface area contributed by atoms with Crippen molar-refractivity contribution in [3.8, 4) is 11.5 Å². The molecule has 12 heteroatoms. The number of carbonyl (C=O) groups excluding carboxylic acids is 1. The van der Waals surface area contributed by atoms with Crippen molar-refractivity contribution >= 4 is 54.8 Å². The highest BCUT2D eigenvalue weighted by molar-refractivity contribution is 7.90. The fraction of sp³-hybridized carbons (Fsp3) is 0.391. The molecule has 1 aliphatic rings. The number of anilines is 1. The van der Waals surface area contributed by atoms with Crippen molar-refractivity contribution in [2.45, 2.75) is 4.90 Å². The lowest BCUT2D eigenvalue weighted by Crippen LogP contribution is -2.43. The molecule has 0 N–H and O–H groups in total. The Kier molecular flexibility index (Phi) is 8.94. The number of nitrogens with zero attached hydrogens (tertiary/aromatic N) is 3. The first kappa shape index (κ1) is 27.2. The second-order valence-corrected chi connectivity index (χ2v) is 10.9. The average Bonchev–Trinajstić information content (AvgIpc) is 3.26. The highest BCUT2D eigenvalue weighted by atomic mass is 35.5. The molecule has 190 valence electrons. The van der Waals surface area contributed by atoms with Gasteiger partial charge in [0.25, 0.3) is 5.91 Å². The van der Waals surface area contributed by atoms with Crippen LogP contribution < -0.4 is 14.4 Å². The van der Waals surface area contributed by atoms with E-state index in [-0.39, 0.29) is 23.2 Å². The van der Waals surface area contributed by atoms with Gasteiger partial charge in [0.1, 0.15) is 0 Å². The van der Waals surface area contributed by atoms with Gasteiger partial charge in [0.2, 0.25) is 0 Å². The van der Waals surface area contributed by atoms with Crippen molar-refractivity contribution in [2.24, 2.45) is 0 Å². The molecule has 1 amide bonds. The first-order chi connectivity index (χ1) is 16.3. The van der Waals surface area contributed by atoms with Gasteiger partial charge in [0.15, 0.2) is 26.5 Å². The zero-order valence-corrected chi connectivity index (χ0v) is 22.2. The second kappa shape index (κ2) is 11.5. The number of aromatic nitrogens is 1. The van der Waals surface area contributed by atoms with Gasteiger partial charge in [-0.2, -0.15) is 0 Å². The number of ether oxygens (including phenoxy) is 3. The monoisotopic (exact) mass is 541 g/mol. The summed E-state index contributed by atoms with van der Waals surface area (Å²) in [5.41, 5.74) is 1.08. The number of amides is 1. The van der Waals surface area contributed by atoms with Crippen LogP contribution in [0.3, 0.4) is 0 Å². The lowest BCUT2D eigenvalue weighted by molar-refractivity contribution is 0.0391. The molecule has 3 aromatic rings. The van der Waals surface area contributed by atoms with Gasteiger partial charge in [-0.25, -0.2) is 13.4 Å². The molecule has 0 atom stereocenters. The largest absolute Gasteiger partial charge is 0.493 e. The Labute approximate surface area is 214 Å². The molecule has 1 aromatic heterocycles. The summed E-state index contributed by atoms with van der Waals surface area (Å²) < 4.78 is 40.8. The van der Waals surface area contributed by atoms with E-state index in [4.69, 9.17) is 14.2 Å². The lowest BCUT2D eigenvalue weighted by Gasteiger charge is -2.29. The molecule has 2 heterocycles. The molecule has 0 aliphatic carbocycles. The number of benzene rings is 2. The van der Waals surface area contributed by atoms with Crippen LogP contribution in [-0.4, -0.2) is 84.1 Å². The molecule has 0 saturated carbocycles. The van der Waals surface area contributed by atoms with Gasteiger partial charge in [-0.05, 0) is 36.4 Å². The number of halogens is 1. The Balaban J connectivity index is 0.00000342. The van der Waals surface area contributed by atoms with Crippen LogP contribution in [0.5, 0.6) is 11.5 Å². The smallest absolute Gasteiger partial charge is 0.260 e. The molecule has 0 radical (unpaired) electrons. The summed E-state index contributed by atoms with van der Waals surface area (Å²) in [5.74, 6) is 0.771. The molecule has 9 nitrogen and oxygen atoms in total. The van der Waals surface area contributed by atoms with Crippen LogP contribution in [0.15, 0.2) is 41.3 Å². The van der Waals surface area contributed by atoms with Crippen LogP contribution >= 0.6 is 23.7 Å². The van der Waals surface area contributed by atoms with Crippen LogP contribution in [-0.2, 0) is 14.6 Å². The predicted molar refractivity (Wildman–Crippen MR) is 138 cm³/mol. The van der Waals surface area contributed by atoms with Crippen molar-refractivity contribution in [3.05, 3.63) is 42.0 Å². The Morgan fingerprint density at radius 3 is 2.49 bits per heavy atom. The Morgan fingerprint density at radius 2 is 1.83 bits per heavy atom. The van der Waals surface area contributed by atoms with Gasteiger partial charge >= 0.3 is 0 Å². The third-order valence-electron chi connectivity index (χ3n) is 5.63. The summed E-state index contributed by atoms with van der Waals surface area (Å²) >= 11 is 1.29. The lowest BCUT2D eigenvalue weighted by atomic mass is 10.1. The van der Waals surface area contributed by atoms with E-state index < -0.39 is 9.84 Å². The summed E-state index contributed by atoms with van der Waals surface area (Å²) in [5, 5.41) is 0.508. The number of morpholine rings is 1.